The van der Waals surface area contributed by atoms with Gasteiger partial charge in [0.25, 0.3) is 5.91 Å². The Kier molecular flexibility index (Phi) is 8.31. The van der Waals surface area contributed by atoms with Crippen molar-refractivity contribution < 1.29 is 18.7 Å². The maximum Gasteiger partial charge on any atom is 0.258 e. The van der Waals surface area contributed by atoms with Crippen LogP contribution in [0.15, 0.2) is 97.1 Å². The molecule has 0 aliphatic heterocycles. The zero-order valence-electron chi connectivity index (χ0n) is 20.9. The van der Waals surface area contributed by atoms with Gasteiger partial charge in [-0.3, -0.25) is 9.59 Å². The number of carbonyl (C=O) groups is 2. The SMILES string of the molecule is COc1cccc(C(=O)N(Cc2ccc(F)cc2)c2cccc(CC(=O)NCc3cccc(C)c3)c2)c1. The molecule has 4 rings (SSSR count). The molecule has 0 aliphatic carbocycles. The summed E-state index contributed by atoms with van der Waals surface area (Å²) in [4.78, 5) is 27.9. The van der Waals surface area contributed by atoms with Gasteiger partial charge in [0.05, 0.1) is 20.1 Å². The van der Waals surface area contributed by atoms with E-state index in [1.807, 2.05) is 55.5 Å². The van der Waals surface area contributed by atoms with Crippen LogP contribution in [0.2, 0.25) is 0 Å². The number of carbonyl (C=O) groups excluding carboxylic acids is 2. The van der Waals surface area contributed by atoms with E-state index in [9.17, 15) is 14.0 Å². The lowest BCUT2D eigenvalue weighted by atomic mass is 10.1. The number of anilines is 1. The molecule has 0 heterocycles. The molecule has 0 saturated carbocycles. The van der Waals surface area contributed by atoms with Gasteiger partial charge in [-0.2, -0.15) is 0 Å². The Morgan fingerprint density at radius 3 is 2.32 bits per heavy atom. The Bertz CT molecular complexity index is 1390. The van der Waals surface area contributed by atoms with Gasteiger partial charge in [-0.1, -0.05) is 60.2 Å². The molecule has 0 unspecified atom stereocenters. The summed E-state index contributed by atoms with van der Waals surface area (Å²) in [5.41, 5.74) is 4.84. The van der Waals surface area contributed by atoms with Gasteiger partial charge in [0.1, 0.15) is 11.6 Å². The number of halogens is 1. The van der Waals surface area contributed by atoms with Crippen molar-refractivity contribution in [1.29, 1.82) is 0 Å². The molecular formula is C31H29FN2O3. The zero-order chi connectivity index (χ0) is 26.2. The Hall–Kier alpha value is -4.45. The zero-order valence-corrected chi connectivity index (χ0v) is 20.9. The van der Waals surface area contributed by atoms with Crippen molar-refractivity contribution in [2.45, 2.75) is 26.4 Å². The summed E-state index contributed by atoms with van der Waals surface area (Å²) in [6.07, 6.45) is 0.178. The Labute approximate surface area is 216 Å². The second-order valence-corrected chi connectivity index (χ2v) is 8.86. The molecule has 5 nitrogen and oxygen atoms in total. The van der Waals surface area contributed by atoms with Crippen LogP contribution in [0.25, 0.3) is 0 Å². The van der Waals surface area contributed by atoms with E-state index in [0.717, 1.165) is 22.3 Å². The summed E-state index contributed by atoms with van der Waals surface area (Å²) in [6.45, 7) is 2.70. The predicted molar refractivity (Wildman–Crippen MR) is 143 cm³/mol. The highest BCUT2D eigenvalue weighted by molar-refractivity contribution is 6.06. The van der Waals surface area contributed by atoms with Gasteiger partial charge in [0.15, 0.2) is 0 Å². The fourth-order valence-electron chi connectivity index (χ4n) is 4.07. The van der Waals surface area contributed by atoms with Gasteiger partial charge in [0.2, 0.25) is 5.91 Å². The minimum atomic E-state index is -0.340. The molecule has 0 saturated heterocycles. The van der Waals surface area contributed by atoms with Gasteiger partial charge < -0.3 is 15.0 Å². The minimum absolute atomic E-state index is 0.108. The highest BCUT2D eigenvalue weighted by atomic mass is 19.1. The lowest BCUT2D eigenvalue weighted by molar-refractivity contribution is -0.120. The summed E-state index contributed by atoms with van der Waals surface area (Å²) in [5, 5.41) is 2.96. The molecule has 0 radical (unpaired) electrons. The number of benzene rings is 4. The molecule has 1 N–H and O–H groups in total. The van der Waals surface area contributed by atoms with Crippen LogP contribution in [-0.4, -0.2) is 18.9 Å². The largest absolute Gasteiger partial charge is 0.497 e. The minimum Gasteiger partial charge on any atom is -0.497 e. The van der Waals surface area contributed by atoms with Crippen molar-refractivity contribution in [3.8, 4) is 5.75 Å². The Morgan fingerprint density at radius 1 is 0.838 bits per heavy atom. The molecule has 0 fully saturated rings. The van der Waals surface area contributed by atoms with E-state index in [1.54, 1.807) is 48.4 Å². The summed E-state index contributed by atoms with van der Waals surface area (Å²) < 4.78 is 18.8. The van der Waals surface area contributed by atoms with E-state index < -0.39 is 0 Å². The van der Waals surface area contributed by atoms with Crippen LogP contribution in [0.5, 0.6) is 5.75 Å². The number of methoxy groups -OCH3 is 1. The van der Waals surface area contributed by atoms with Crippen LogP contribution in [0.4, 0.5) is 10.1 Å². The fraction of sp³-hybridized carbons (Fsp3) is 0.161. The normalized spacial score (nSPS) is 10.6. The van der Waals surface area contributed by atoms with Crippen LogP contribution in [-0.2, 0) is 24.3 Å². The molecule has 188 valence electrons. The first-order valence-electron chi connectivity index (χ1n) is 12.0. The number of hydrogen-bond acceptors (Lipinski definition) is 3. The lowest BCUT2D eigenvalue weighted by Gasteiger charge is -2.24. The highest BCUT2D eigenvalue weighted by Gasteiger charge is 2.20. The molecule has 4 aromatic rings. The van der Waals surface area contributed by atoms with Crippen molar-refractivity contribution in [3.63, 3.8) is 0 Å². The van der Waals surface area contributed by atoms with Crippen LogP contribution in [0.3, 0.4) is 0 Å². The molecule has 0 aromatic heterocycles. The topological polar surface area (TPSA) is 58.6 Å². The number of rotatable bonds is 9. The smallest absolute Gasteiger partial charge is 0.258 e. The summed E-state index contributed by atoms with van der Waals surface area (Å²) in [7, 11) is 1.55. The van der Waals surface area contributed by atoms with E-state index in [0.29, 0.717) is 23.5 Å². The van der Waals surface area contributed by atoms with Crippen molar-refractivity contribution in [2.24, 2.45) is 0 Å². The fourth-order valence-corrected chi connectivity index (χ4v) is 4.07. The van der Waals surface area contributed by atoms with Gasteiger partial charge in [0, 0.05) is 17.8 Å². The average Bonchev–Trinajstić information content (AvgIpc) is 2.91. The number of nitrogens with one attached hydrogen (secondary N) is 1. The number of nitrogens with zero attached hydrogens (tertiary/aromatic N) is 1. The quantitative estimate of drug-likeness (QED) is 0.316. The van der Waals surface area contributed by atoms with Crippen LogP contribution in [0, 0.1) is 12.7 Å². The van der Waals surface area contributed by atoms with Crippen LogP contribution >= 0.6 is 0 Å². The maximum atomic E-state index is 13.6. The average molecular weight is 497 g/mol. The summed E-state index contributed by atoms with van der Waals surface area (Å²) in [5.74, 6) is -0.105. The van der Waals surface area contributed by atoms with E-state index >= 15 is 0 Å². The molecule has 0 spiro atoms. The van der Waals surface area contributed by atoms with E-state index in [4.69, 9.17) is 4.74 Å². The third-order valence-corrected chi connectivity index (χ3v) is 5.97. The monoisotopic (exact) mass is 496 g/mol. The molecule has 37 heavy (non-hydrogen) atoms. The number of aryl methyl sites for hydroxylation is 1. The third kappa shape index (κ3) is 7.04. The second-order valence-electron chi connectivity index (χ2n) is 8.86. The Balaban J connectivity index is 1.55. The van der Waals surface area contributed by atoms with E-state index in [1.165, 1.54) is 12.1 Å². The molecule has 0 atom stereocenters. The third-order valence-electron chi connectivity index (χ3n) is 5.97. The van der Waals surface area contributed by atoms with Gasteiger partial charge in [-0.15, -0.1) is 0 Å². The predicted octanol–water partition coefficient (Wildman–Crippen LogP) is 5.85. The first kappa shape index (κ1) is 25.6. The standard InChI is InChI=1S/C31H29FN2O3/c1-22-6-3-8-25(16-22)20-33-30(35)18-24-7-4-10-28(17-24)34(21-23-12-14-27(32)15-13-23)31(36)26-9-5-11-29(19-26)37-2/h3-17,19H,18,20-21H2,1-2H3,(H,33,35). The number of hydrogen-bond donors (Lipinski definition) is 1. The molecule has 4 aromatic carbocycles. The van der Waals surface area contributed by atoms with Crippen LogP contribution in [0.1, 0.15) is 32.6 Å². The number of amides is 2. The molecule has 2 amide bonds. The van der Waals surface area contributed by atoms with Crippen molar-refractivity contribution in [3.05, 3.63) is 131 Å². The van der Waals surface area contributed by atoms with Crippen molar-refractivity contribution in [1.82, 2.24) is 5.32 Å². The lowest BCUT2D eigenvalue weighted by Crippen LogP contribution is -2.30. The molecule has 0 bridgehead atoms. The first-order chi connectivity index (χ1) is 17.9. The highest BCUT2D eigenvalue weighted by Crippen LogP contribution is 2.24. The first-order valence-corrected chi connectivity index (χ1v) is 12.0. The molecule has 6 heteroatoms. The maximum absolute atomic E-state index is 13.6. The summed E-state index contributed by atoms with van der Waals surface area (Å²) >= 11 is 0. The second kappa shape index (κ2) is 12.0. The van der Waals surface area contributed by atoms with Gasteiger partial charge in [-0.05, 0) is 66.1 Å². The van der Waals surface area contributed by atoms with E-state index in [2.05, 4.69) is 5.32 Å². The van der Waals surface area contributed by atoms with Crippen molar-refractivity contribution >= 4 is 17.5 Å². The van der Waals surface area contributed by atoms with Gasteiger partial charge >= 0.3 is 0 Å². The molecule has 0 aliphatic rings. The van der Waals surface area contributed by atoms with E-state index in [-0.39, 0.29) is 30.6 Å². The Morgan fingerprint density at radius 2 is 1.57 bits per heavy atom. The van der Waals surface area contributed by atoms with Crippen molar-refractivity contribution in [2.75, 3.05) is 12.0 Å². The number of ether oxygens (including phenoxy) is 1. The molecular weight excluding hydrogens is 467 g/mol. The van der Waals surface area contributed by atoms with Crippen LogP contribution < -0.4 is 15.0 Å². The van der Waals surface area contributed by atoms with Gasteiger partial charge in [-0.25, -0.2) is 4.39 Å². The summed E-state index contributed by atoms with van der Waals surface area (Å²) in [6, 6.07) is 28.4.